The molecule has 1 aromatic heterocycles. The minimum absolute atomic E-state index is 0.764. The van der Waals surface area contributed by atoms with Crippen molar-refractivity contribution < 1.29 is 0 Å². The lowest BCUT2D eigenvalue weighted by atomic mass is 10.1. The summed E-state index contributed by atoms with van der Waals surface area (Å²) in [4.78, 5) is 4.64. The summed E-state index contributed by atoms with van der Waals surface area (Å²) in [6.07, 6.45) is 0. The molecule has 2 N–H and O–H groups in total. The number of anilines is 1. The quantitative estimate of drug-likeness (QED) is 0.747. The molecule has 0 amide bonds. The Bertz CT molecular complexity index is 645. The average molecular weight is 252 g/mol. The van der Waals surface area contributed by atoms with Crippen LogP contribution in [0.4, 0.5) is 5.00 Å². The molecule has 0 radical (unpaired) electrons. The molecular weight excluding hydrogens is 240 g/mol. The van der Waals surface area contributed by atoms with Crippen molar-refractivity contribution in [3.63, 3.8) is 0 Å². The first kappa shape index (κ1) is 11.0. The molecule has 0 atom stereocenters. The highest BCUT2D eigenvalue weighted by atomic mass is 32.1. The molecule has 2 nitrogen and oxygen atoms in total. The lowest BCUT2D eigenvalue weighted by molar-refractivity contribution is 1.40. The van der Waals surface area contributed by atoms with Crippen LogP contribution in [-0.2, 0) is 0 Å². The Balaban J connectivity index is 2.07. The summed E-state index contributed by atoms with van der Waals surface area (Å²) >= 11 is 1.53. The summed E-state index contributed by atoms with van der Waals surface area (Å²) < 4.78 is 0. The number of hydrogen-bond donors (Lipinski definition) is 1. The van der Waals surface area contributed by atoms with Gasteiger partial charge in [0, 0.05) is 11.1 Å². The van der Waals surface area contributed by atoms with Crippen LogP contribution in [0.25, 0.3) is 21.8 Å². The van der Waals surface area contributed by atoms with Crippen molar-refractivity contribution >= 4 is 16.3 Å². The molecule has 0 unspecified atom stereocenters. The molecule has 3 aromatic rings. The molecule has 0 fully saturated rings. The van der Waals surface area contributed by atoms with Gasteiger partial charge in [-0.1, -0.05) is 72.0 Å². The van der Waals surface area contributed by atoms with Crippen LogP contribution >= 0.6 is 11.3 Å². The van der Waals surface area contributed by atoms with E-state index in [0.717, 1.165) is 26.8 Å². The van der Waals surface area contributed by atoms with Crippen LogP contribution in [0.5, 0.6) is 0 Å². The second-order valence-electron chi connectivity index (χ2n) is 3.96. The summed E-state index contributed by atoms with van der Waals surface area (Å²) in [7, 11) is 0. The largest absolute Gasteiger partial charge is 0.389 e. The van der Waals surface area contributed by atoms with Crippen molar-refractivity contribution in [2.75, 3.05) is 5.73 Å². The topological polar surface area (TPSA) is 38.9 Å². The zero-order chi connectivity index (χ0) is 12.4. The van der Waals surface area contributed by atoms with Gasteiger partial charge in [0.05, 0.1) is 0 Å². The van der Waals surface area contributed by atoms with E-state index in [9.17, 15) is 0 Å². The van der Waals surface area contributed by atoms with E-state index in [1.165, 1.54) is 11.3 Å². The molecule has 0 spiro atoms. The molecule has 0 aliphatic carbocycles. The smallest absolute Gasteiger partial charge is 0.126 e. The first-order valence-electron chi connectivity index (χ1n) is 5.72. The van der Waals surface area contributed by atoms with Crippen molar-refractivity contribution in [2.45, 2.75) is 0 Å². The normalized spacial score (nSPS) is 10.4. The van der Waals surface area contributed by atoms with Gasteiger partial charge in [-0.05, 0) is 0 Å². The third-order valence-corrected chi connectivity index (χ3v) is 3.65. The molecule has 0 saturated heterocycles. The van der Waals surface area contributed by atoms with Gasteiger partial charge < -0.3 is 5.73 Å². The standard InChI is InChI=1S/C15H12N2S/c16-14-13(11-7-3-1-4-8-11)17-15(18-14)12-9-5-2-6-10-12/h1-10H,16H2. The van der Waals surface area contributed by atoms with E-state index in [1.54, 1.807) is 0 Å². The minimum atomic E-state index is 0.764. The van der Waals surface area contributed by atoms with Gasteiger partial charge in [-0.25, -0.2) is 4.98 Å². The van der Waals surface area contributed by atoms with Gasteiger partial charge in [-0.2, -0.15) is 0 Å². The Morgan fingerprint density at radius 3 is 1.94 bits per heavy atom. The predicted molar refractivity (Wildman–Crippen MR) is 77.4 cm³/mol. The Morgan fingerprint density at radius 2 is 1.33 bits per heavy atom. The van der Waals surface area contributed by atoms with Crippen LogP contribution in [0.1, 0.15) is 0 Å². The van der Waals surface area contributed by atoms with E-state index >= 15 is 0 Å². The molecule has 18 heavy (non-hydrogen) atoms. The number of aromatic nitrogens is 1. The van der Waals surface area contributed by atoms with Crippen LogP contribution in [0.15, 0.2) is 60.7 Å². The minimum Gasteiger partial charge on any atom is -0.389 e. The molecule has 88 valence electrons. The van der Waals surface area contributed by atoms with Gasteiger partial charge >= 0.3 is 0 Å². The van der Waals surface area contributed by atoms with Crippen LogP contribution < -0.4 is 5.73 Å². The molecule has 0 aliphatic heterocycles. The predicted octanol–water partition coefficient (Wildman–Crippen LogP) is 4.06. The van der Waals surface area contributed by atoms with Gasteiger partial charge in [0.25, 0.3) is 0 Å². The van der Waals surface area contributed by atoms with Gasteiger partial charge in [0.15, 0.2) is 0 Å². The van der Waals surface area contributed by atoms with E-state index in [1.807, 2.05) is 60.7 Å². The highest BCUT2D eigenvalue weighted by Crippen LogP contribution is 2.35. The van der Waals surface area contributed by atoms with Crippen molar-refractivity contribution in [3.05, 3.63) is 60.7 Å². The molecular formula is C15H12N2S. The van der Waals surface area contributed by atoms with Crippen molar-refractivity contribution in [3.8, 4) is 21.8 Å². The van der Waals surface area contributed by atoms with E-state index < -0.39 is 0 Å². The zero-order valence-electron chi connectivity index (χ0n) is 9.71. The Labute approximate surface area is 110 Å². The third kappa shape index (κ3) is 2.00. The summed E-state index contributed by atoms with van der Waals surface area (Å²) in [5.41, 5.74) is 9.11. The lowest BCUT2D eigenvalue weighted by Crippen LogP contribution is -1.85. The van der Waals surface area contributed by atoms with Gasteiger partial charge in [0.2, 0.25) is 0 Å². The highest BCUT2D eigenvalue weighted by Gasteiger charge is 2.11. The monoisotopic (exact) mass is 252 g/mol. The summed E-state index contributed by atoms with van der Waals surface area (Å²) in [6.45, 7) is 0. The number of nitrogens with zero attached hydrogens (tertiary/aromatic N) is 1. The van der Waals surface area contributed by atoms with Gasteiger partial charge in [0.1, 0.15) is 15.7 Å². The molecule has 2 aromatic carbocycles. The van der Waals surface area contributed by atoms with Gasteiger partial charge in [-0.3, -0.25) is 0 Å². The number of nitrogens with two attached hydrogens (primary N) is 1. The molecule has 3 heteroatoms. The zero-order valence-corrected chi connectivity index (χ0v) is 10.5. The fraction of sp³-hybridized carbons (Fsp3) is 0. The summed E-state index contributed by atoms with van der Waals surface area (Å²) in [5, 5.41) is 1.73. The van der Waals surface area contributed by atoms with E-state index in [0.29, 0.717) is 0 Å². The van der Waals surface area contributed by atoms with Crippen LogP contribution in [0, 0.1) is 0 Å². The lowest BCUT2D eigenvalue weighted by Gasteiger charge is -1.96. The highest BCUT2D eigenvalue weighted by molar-refractivity contribution is 7.19. The molecule has 0 saturated carbocycles. The summed E-state index contributed by atoms with van der Waals surface area (Å²) in [6, 6.07) is 20.2. The Kier molecular flexibility index (Phi) is 2.82. The Hall–Kier alpha value is -2.13. The number of rotatable bonds is 2. The summed E-state index contributed by atoms with van der Waals surface area (Å²) in [5.74, 6) is 0. The maximum absolute atomic E-state index is 6.07. The number of thiazole rings is 1. The molecule has 3 rings (SSSR count). The molecule has 1 heterocycles. The second kappa shape index (κ2) is 4.63. The Morgan fingerprint density at radius 1 is 0.778 bits per heavy atom. The van der Waals surface area contributed by atoms with Crippen LogP contribution in [0.2, 0.25) is 0 Å². The van der Waals surface area contributed by atoms with E-state index in [4.69, 9.17) is 5.73 Å². The maximum atomic E-state index is 6.07. The maximum Gasteiger partial charge on any atom is 0.126 e. The van der Waals surface area contributed by atoms with Crippen molar-refractivity contribution in [1.82, 2.24) is 4.98 Å². The van der Waals surface area contributed by atoms with Gasteiger partial charge in [-0.15, -0.1) is 0 Å². The van der Waals surface area contributed by atoms with Crippen molar-refractivity contribution in [2.24, 2.45) is 0 Å². The number of hydrogen-bond acceptors (Lipinski definition) is 3. The van der Waals surface area contributed by atoms with Crippen molar-refractivity contribution in [1.29, 1.82) is 0 Å². The first-order chi connectivity index (χ1) is 8.84. The first-order valence-corrected chi connectivity index (χ1v) is 6.53. The number of benzene rings is 2. The second-order valence-corrected chi connectivity index (χ2v) is 4.99. The van der Waals surface area contributed by atoms with Crippen LogP contribution in [0.3, 0.4) is 0 Å². The van der Waals surface area contributed by atoms with E-state index in [-0.39, 0.29) is 0 Å². The fourth-order valence-corrected chi connectivity index (χ4v) is 2.70. The number of nitrogen functional groups attached to an aromatic ring is 1. The SMILES string of the molecule is Nc1sc(-c2ccccc2)nc1-c1ccccc1. The molecule has 0 bridgehead atoms. The molecule has 0 aliphatic rings. The van der Waals surface area contributed by atoms with Crippen LogP contribution in [-0.4, -0.2) is 4.98 Å². The third-order valence-electron chi connectivity index (χ3n) is 2.72. The van der Waals surface area contributed by atoms with E-state index in [2.05, 4.69) is 4.98 Å². The fourth-order valence-electron chi connectivity index (χ4n) is 1.84. The average Bonchev–Trinajstić information content (AvgIpc) is 2.83.